The van der Waals surface area contributed by atoms with Crippen LogP contribution in [0, 0.1) is 0 Å². The van der Waals surface area contributed by atoms with Gasteiger partial charge in [-0.15, -0.1) is 0 Å². The summed E-state index contributed by atoms with van der Waals surface area (Å²) in [5.74, 6) is -1.84. The number of carbonyl (C=O) groups is 2. The average molecular weight is 284 g/mol. The number of rotatable bonds is 8. The highest BCUT2D eigenvalue weighted by molar-refractivity contribution is 5.88. The first kappa shape index (κ1) is 16.0. The van der Waals surface area contributed by atoms with Crippen molar-refractivity contribution in [3.63, 3.8) is 0 Å². The van der Waals surface area contributed by atoms with E-state index in [9.17, 15) is 19.8 Å². The SMILES string of the molecule is O=C(O)CNC(CO)(CO)COC(=O)c1cccnc1. The maximum absolute atomic E-state index is 11.7. The van der Waals surface area contributed by atoms with Crippen LogP contribution in [0.2, 0.25) is 0 Å². The summed E-state index contributed by atoms with van der Waals surface area (Å²) in [6, 6.07) is 3.06. The molecule has 0 radical (unpaired) electrons. The van der Waals surface area contributed by atoms with Crippen LogP contribution in [0.4, 0.5) is 0 Å². The van der Waals surface area contributed by atoms with Crippen molar-refractivity contribution < 1.29 is 29.6 Å². The molecular formula is C12H16N2O6. The monoisotopic (exact) mass is 284 g/mol. The Balaban J connectivity index is 2.62. The number of nitrogens with zero attached hydrogens (tertiary/aromatic N) is 1. The molecule has 0 aliphatic carbocycles. The fraction of sp³-hybridized carbons (Fsp3) is 0.417. The maximum atomic E-state index is 11.7. The third kappa shape index (κ3) is 4.57. The van der Waals surface area contributed by atoms with Gasteiger partial charge in [0.1, 0.15) is 6.61 Å². The summed E-state index contributed by atoms with van der Waals surface area (Å²) < 4.78 is 4.95. The molecule has 0 saturated heterocycles. The zero-order chi connectivity index (χ0) is 15.0. The third-order valence-electron chi connectivity index (χ3n) is 2.60. The Labute approximate surface area is 115 Å². The first-order valence-corrected chi connectivity index (χ1v) is 5.79. The van der Waals surface area contributed by atoms with Gasteiger partial charge < -0.3 is 20.1 Å². The maximum Gasteiger partial charge on any atom is 0.339 e. The van der Waals surface area contributed by atoms with Gasteiger partial charge in [0.25, 0.3) is 0 Å². The summed E-state index contributed by atoms with van der Waals surface area (Å²) in [4.78, 5) is 25.9. The van der Waals surface area contributed by atoms with Gasteiger partial charge in [0, 0.05) is 12.4 Å². The number of ether oxygens (including phenoxy) is 1. The molecule has 0 spiro atoms. The van der Waals surface area contributed by atoms with Crippen LogP contribution >= 0.6 is 0 Å². The summed E-state index contributed by atoms with van der Waals surface area (Å²) in [6.45, 7) is -2.03. The summed E-state index contributed by atoms with van der Waals surface area (Å²) in [7, 11) is 0. The second-order valence-electron chi connectivity index (χ2n) is 4.16. The Morgan fingerprint density at radius 1 is 1.35 bits per heavy atom. The van der Waals surface area contributed by atoms with Crippen molar-refractivity contribution in [3.8, 4) is 0 Å². The molecule has 8 heteroatoms. The van der Waals surface area contributed by atoms with Gasteiger partial charge in [-0.3, -0.25) is 15.1 Å². The molecule has 1 aromatic heterocycles. The summed E-state index contributed by atoms with van der Waals surface area (Å²) in [5.41, 5.74) is -1.19. The molecule has 0 amide bonds. The molecule has 0 saturated carbocycles. The molecule has 110 valence electrons. The Kier molecular flexibility index (Phi) is 6.04. The lowest BCUT2D eigenvalue weighted by molar-refractivity contribution is -0.136. The number of hydrogen-bond acceptors (Lipinski definition) is 7. The van der Waals surface area contributed by atoms with E-state index in [-0.39, 0.29) is 12.2 Å². The largest absolute Gasteiger partial charge is 0.480 e. The van der Waals surface area contributed by atoms with E-state index in [0.717, 1.165) is 0 Å². The zero-order valence-electron chi connectivity index (χ0n) is 10.7. The van der Waals surface area contributed by atoms with E-state index < -0.39 is 37.2 Å². The van der Waals surface area contributed by atoms with Crippen molar-refractivity contribution >= 4 is 11.9 Å². The lowest BCUT2D eigenvalue weighted by Gasteiger charge is -2.29. The van der Waals surface area contributed by atoms with Crippen molar-refractivity contribution in [2.45, 2.75) is 5.54 Å². The van der Waals surface area contributed by atoms with Crippen LogP contribution in [0.15, 0.2) is 24.5 Å². The minimum absolute atomic E-state index is 0.218. The number of carboxylic acids is 1. The van der Waals surface area contributed by atoms with Crippen LogP contribution in [-0.4, -0.2) is 64.1 Å². The van der Waals surface area contributed by atoms with E-state index in [1.54, 1.807) is 6.07 Å². The smallest absolute Gasteiger partial charge is 0.339 e. The zero-order valence-corrected chi connectivity index (χ0v) is 10.7. The molecule has 0 fully saturated rings. The molecule has 0 aliphatic heterocycles. The highest BCUT2D eigenvalue weighted by Gasteiger charge is 2.31. The summed E-state index contributed by atoms with van der Waals surface area (Å²) in [5, 5.41) is 29.5. The Bertz CT molecular complexity index is 447. The van der Waals surface area contributed by atoms with Crippen molar-refractivity contribution in [1.29, 1.82) is 0 Å². The van der Waals surface area contributed by atoms with Crippen LogP contribution < -0.4 is 5.32 Å². The number of aliphatic carboxylic acids is 1. The topological polar surface area (TPSA) is 129 Å². The minimum Gasteiger partial charge on any atom is -0.480 e. The molecule has 1 rings (SSSR count). The van der Waals surface area contributed by atoms with Gasteiger partial charge in [0.15, 0.2) is 0 Å². The second kappa shape index (κ2) is 7.53. The number of aliphatic hydroxyl groups is 2. The number of carbonyl (C=O) groups excluding carboxylic acids is 1. The molecule has 20 heavy (non-hydrogen) atoms. The number of carboxylic acid groups (broad SMARTS) is 1. The molecule has 1 aromatic rings. The van der Waals surface area contributed by atoms with E-state index in [1.807, 2.05) is 0 Å². The second-order valence-corrected chi connectivity index (χ2v) is 4.16. The van der Waals surface area contributed by atoms with Crippen LogP contribution in [0.3, 0.4) is 0 Å². The van der Waals surface area contributed by atoms with E-state index >= 15 is 0 Å². The van der Waals surface area contributed by atoms with Crippen LogP contribution in [0.25, 0.3) is 0 Å². The highest BCUT2D eigenvalue weighted by atomic mass is 16.5. The lowest BCUT2D eigenvalue weighted by Crippen LogP contribution is -2.57. The number of esters is 1. The van der Waals surface area contributed by atoms with Gasteiger partial charge in [0.2, 0.25) is 0 Å². The van der Waals surface area contributed by atoms with Gasteiger partial charge in [-0.2, -0.15) is 0 Å². The standard InChI is InChI=1S/C12H16N2O6/c15-6-12(7-16,14-5-10(17)18)8-20-11(19)9-2-1-3-13-4-9/h1-4,14-16H,5-8H2,(H,17,18). The van der Waals surface area contributed by atoms with Crippen molar-refractivity contribution in [3.05, 3.63) is 30.1 Å². The normalized spacial score (nSPS) is 11.1. The molecule has 0 unspecified atom stereocenters. The Morgan fingerprint density at radius 3 is 2.55 bits per heavy atom. The van der Waals surface area contributed by atoms with Crippen molar-refractivity contribution in [2.75, 3.05) is 26.4 Å². The minimum atomic E-state index is -1.41. The molecule has 0 aliphatic rings. The molecular weight excluding hydrogens is 268 g/mol. The third-order valence-corrected chi connectivity index (χ3v) is 2.60. The Hall–Kier alpha value is -2.03. The highest BCUT2D eigenvalue weighted by Crippen LogP contribution is 2.07. The number of aliphatic hydroxyl groups excluding tert-OH is 2. The van der Waals surface area contributed by atoms with E-state index in [0.29, 0.717) is 0 Å². The first-order chi connectivity index (χ1) is 9.53. The molecule has 8 nitrogen and oxygen atoms in total. The molecule has 1 heterocycles. The fourth-order valence-corrected chi connectivity index (χ4v) is 1.34. The van der Waals surface area contributed by atoms with E-state index in [1.165, 1.54) is 18.5 Å². The van der Waals surface area contributed by atoms with E-state index in [4.69, 9.17) is 9.84 Å². The predicted molar refractivity (Wildman–Crippen MR) is 67.1 cm³/mol. The fourth-order valence-electron chi connectivity index (χ4n) is 1.34. The number of nitrogens with one attached hydrogen (secondary N) is 1. The average Bonchev–Trinajstić information content (AvgIpc) is 2.48. The molecule has 0 aromatic carbocycles. The number of aromatic nitrogens is 1. The van der Waals surface area contributed by atoms with Gasteiger partial charge in [-0.1, -0.05) is 0 Å². The van der Waals surface area contributed by atoms with Crippen LogP contribution in [0.1, 0.15) is 10.4 Å². The van der Waals surface area contributed by atoms with Crippen LogP contribution in [0.5, 0.6) is 0 Å². The first-order valence-electron chi connectivity index (χ1n) is 5.79. The van der Waals surface area contributed by atoms with Crippen molar-refractivity contribution in [1.82, 2.24) is 10.3 Å². The van der Waals surface area contributed by atoms with Gasteiger partial charge in [0.05, 0.1) is 30.9 Å². The summed E-state index contributed by atoms with van der Waals surface area (Å²) in [6.07, 6.45) is 2.81. The van der Waals surface area contributed by atoms with Gasteiger partial charge in [-0.25, -0.2) is 4.79 Å². The quantitative estimate of drug-likeness (QED) is 0.431. The van der Waals surface area contributed by atoms with Gasteiger partial charge >= 0.3 is 11.9 Å². The molecule has 0 bridgehead atoms. The van der Waals surface area contributed by atoms with Crippen LogP contribution in [-0.2, 0) is 9.53 Å². The van der Waals surface area contributed by atoms with Crippen molar-refractivity contribution in [2.24, 2.45) is 0 Å². The molecule has 0 atom stereocenters. The lowest BCUT2D eigenvalue weighted by atomic mass is 10.0. The predicted octanol–water partition coefficient (Wildman–Crippen LogP) is -1.36. The summed E-state index contributed by atoms with van der Waals surface area (Å²) >= 11 is 0. The Morgan fingerprint density at radius 2 is 2.05 bits per heavy atom. The molecule has 4 N–H and O–H groups in total. The van der Waals surface area contributed by atoms with Gasteiger partial charge in [-0.05, 0) is 12.1 Å². The number of hydrogen-bond donors (Lipinski definition) is 4. The number of pyridine rings is 1. The van der Waals surface area contributed by atoms with E-state index in [2.05, 4.69) is 10.3 Å².